The maximum Gasteiger partial charge on any atom is 0.330 e. The molecule has 6 saturated heterocycles. The summed E-state index contributed by atoms with van der Waals surface area (Å²) in [7, 11) is 1.44. The topological polar surface area (TPSA) is 615 Å². The fourth-order valence-electron chi connectivity index (χ4n) is 15.8. The van der Waals surface area contributed by atoms with Gasteiger partial charge in [-0.2, -0.15) is 0 Å². The van der Waals surface area contributed by atoms with E-state index in [1.165, 1.54) is 13.2 Å². The lowest BCUT2D eigenvalue weighted by molar-refractivity contribution is -0.390. The molecule has 39 heteroatoms. The first-order valence-corrected chi connectivity index (χ1v) is 36.1. The Hall–Kier alpha value is -3.88. The minimum atomic E-state index is -2.08. The number of aliphatic carboxylic acids is 1. The highest BCUT2D eigenvalue weighted by molar-refractivity contribution is 5.90. The van der Waals surface area contributed by atoms with Crippen LogP contribution in [0.4, 0.5) is 0 Å². The molecule has 0 bridgehead atoms. The maximum atomic E-state index is 13.5. The average Bonchev–Trinajstić information content (AvgIpc) is 0.761. The van der Waals surface area contributed by atoms with Crippen LogP contribution in [0.25, 0.3) is 0 Å². The molecule has 6 aliphatic heterocycles. The van der Waals surface area contributed by atoms with Crippen molar-refractivity contribution in [3.05, 3.63) is 24.3 Å². The lowest BCUT2D eigenvalue weighted by Crippen LogP contribution is -2.66. The van der Waals surface area contributed by atoms with Gasteiger partial charge in [0.05, 0.1) is 61.9 Å². The zero-order valence-electron chi connectivity index (χ0n) is 58.0. The Labute approximate surface area is 607 Å². The molecule has 10 rings (SSSR count). The average molecular weight is 1530 g/mol. The fourth-order valence-corrected chi connectivity index (χ4v) is 15.8. The zero-order valence-corrected chi connectivity index (χ0v) is 58.0. The third kappa shape index (κ3) is 20.5. The molecule has 10 aliphatic rings. The van der Waals surface area contributed by atoms with Crippen LogP contribution in [-0.2, 0) is 85.5 Å². The summed E-state index contributed by atoms with van der Waals surface area (Å²) in [6.45, 7) is -3.60. The van der Waals surface area contributed by atoms with Crippen LogP contribution in [0.1, 0.15) is 89.9 Å². The first-order valence-electron chi connectivity index (χ1n) is 36.1. The number of hydrogen-bond donors (Lipinski definition) is 20. The molecule has 6 heterocycles. The second-order valence-corrected chi connectivity index (χ2v) is 29.3. The first-order chi connectivity index (χ1) is 50.4. The van der Waals surface area contributed by atoms with Gasteiger partial charge in [0, 0.05) is 38.0 Å². The Morgan fingerprint density at radius 3 is 1.41 bits per heavy atom. The van der Waals surface area contributed by atoms with Gasteiger partial charge in [-0.1, -0.05) is 12.2 Å². The number of rotatable bonds is 26. The minimum Gasteiger partial charge on any atom is -0.481 e. The van der Waals surface area contributed by atoms with Crippen LogP contribution < -0.4 is 0 Å². The molecule has 606 valence electrons. The molecule has 37 atom stereocenters. The van der Waals surface area contributed by atoms with Gasteiger partial charge in [0.1, 0.15) is 154 Å². The molecule has 37 unspecified atom stereocenters. The van der Waals surface area contributed by atoms with Crippen molar-refractivity contribution in [1.82, 2.24) is 0 Å². The minimum absolute atomic E-state index is 0.0149. The summed E-state index contributed by atoms with van der Waals surface area (Å²) in [6, 6.07) is 0. The molecule has 106 heavy (non-hydrogen) atoms. The molecule has 4 aliphatic carbocycles. The normalized spacial score (nSPS) is 47.6. The molecule has 0 spiro atoms. The smallest absolute Gasteiger partial charge is 0.330 e. The number of carboxylic acids is 1. The van der Waals surface area contributed by atoms with Crippen LogP contribution in [0.15, 0.2) is 24.3 Å². The van der Waals surface area contributed by atoms with Gasteiger partial charge < -0.3 is 173 Å². The number of ether oxygens (including phenoxy) is 15. The lowest BCUT2D eigenvalue weighted by Gasteiger charge is -2.50. The number of esters is 3. The van der Waals surface area contributed by atoms with Gasteiger partial charge >= 0.3 is 23.9 Å². The number of carbonyl (C=O) groups excluding carboxylic acids is 3. The molecular weight excluding hydrogens is 1430 g/mol. The predicted molar refractivity (Wildman–Crippen MR) is 342 cm³/mol. The highest BCUT2D eigenvalue weighted by atomic mass is 16.8. The number of carbonyl (C=O) groups is 4. The van der Waals surface area contributed by atoms with E-state index in [2.05, 4.69) is 0 Å². The van der Waals surface area contributed by atoms with Crippen LogP contribution in [0.2, 0.25) is 0 Å². The van der Waals surface area contributed by atoms with Gasteiger partial charge in [0.15, 0.2) is 43.7 Å². The van der Waals surface area contributed by atoms with Gasteiger partial charge in [-0.05, 0) is 82.5 Å². The molecular formula is C67H105O39+. The zero-order chi connectivity index (χ0) is 76.7. The van der Waals surface area contributed by atoms with Crippen LogP contribution in [0, 0.1) is 23.7 Å². The Bertz CT molecular complexity index is 2850. The number of methoxy groups -OCH3 is 1. The van der Waals surface area contributed by atoms with Crippen molar-refractivity contribution in [1.29, 1.82) is 0 Å². The third-order valence-corrected chi connectivity index (χ3v) is 22.1. The van der Waals surface area contributed by atoms with Gasteiger partial charge in [0.2, 0.25) is 0 Å². The Morgan fingerprint density at radius 2 is 0.877 bits per heavy atom. The van der Waals surface area contributed by atoms with E-state index < -0.39 is 290 Å². The predicted octanol–water partition coefficient (Wildman–Crippen LogP) is -9.24. The van der Waals surface area contributed by atoms with Crippen LogP contribution in [0.5, 0.6) is 0 Å². The molecule has 0 amide bonds. The molecule has 0 aromatic rings. The molecule has 0 aromatic carbocycles. The molecule has 21 N–H and O–H groups in total. The van der Waals surface area contributed by atoms with Crippen molar-refractivity contribution in [3.8, 4) is 0 Å². The van der Waals surface area contributed by atoms with Crippen LogP contribution in [0.3, 0.4) is 0 Å². The fraction of sp³-hybridized carbons (Fsp3) is 0.881. The quantitative estimate of drug-likeness (QED) is 0.0126. The Balaban J connectivity index is 0.750. The van der Waals surface area contributed by atoms with Gasteiger partial charge in [-0.3, -0.25) is 9.59 Å². The van der Waals surface area contributed by atoms with E-state index in [1.807, 2.05) is 0 Å². The van der Waals surface area contributed by atoms with Crippen molar-refractivity contribution < 1.29 is 192 Å². The summed E-state index contributed by atoms with van der Waals surface area (Å²) in [5.74, 6) is -6.26. The molecule has 10 fully saturated rings. The summed E-state index contributed by atoms with van der Waals surface area (Å²) < 4.78 is 86.9. The summed E-state index contributed by atoms with van der Waals surface area (Å²) in [4.78, 5) is 49.7. The van der Waals surface area contributed by atoms with E-state index in [0.29, 0.717) is 44.9 Å². The van der Waals surface area contributed by atoms with Crippen LogP contribution >= 0.6 is 0 Å². The van der Waals surface area contributed by atoms with Gasteiger partial charge in [-0.15, -0.1) is 0 Å². The lowest BCUT2D eigenvalue weighted by atomic mass is 9.72. The number of allylic oxidation sites excluding steroid dienone is 2. The standard InChI is InChI=1S/C67H104O39/c1-92-36-14-26(4-11-33(36)98-64-58(89)52(83)47(78)38(20-68)101-64)6-13-45(76)93-22-40-49(80)54(85)57(88)63(103-40)96-29-8-2-25(3-9-29)5-12-44(75)94-23-42-51(82)56(87)62(106-66-60(91)53(84)48(79)39(21-69)102-66)67(105-42)100-37-18-30-34(97-61(37)27-7-10-31(71)32(72)15-27)16-28(70)17-35(30)99-65-59(90)55(86)50(81)41(104-65)24-95-46(77)19-43(73)74/h5-6,12-13,25-42,47-72,78-91H,2-4,7-11,14-24H2,1H3,(H,73,74)/p+1. The number of fused-ring (bicyclic) bond motifs is 1. The second-order valence-electron chi connectivity index (χ2n) is 29.3. The van der Waals surface area contributed by atoms with Crippen LogP contribution in [-0.4, -0.2) is 385 Å². The summed E-state index contributed by atoms with van der Waals surface area (Å²) in [5, 5.41) is 214. The molecule has 0 aromatic heterocycles. The molecule has 0 radical (unpaired) electrons. The summed E-state index contributed by atoms with van der Waals surface area (Å²) in [5.41, 5.74) is 0. The highest BCUT2D eigenvalue weighted by Crippen LogP contribution is 2.45. The summed E-state index contributed by atoms with van der Waals surface area (Å²) >= 11 is 0. The van der Waals surface area contributed by atoms with E-state index in [1.54, 1.807) is 12.2 Å². The maximum absolute atomic E-state index is 13.5. The SMILES string of the molecule is COC1CC(C=CC(=O)OCC2OC(OC3CCC(C=CC(=O)OCC4OC(OC5CC6C(OC7OC(COC(=O)CC(=O)O)C(O)C(O)C7O)CC(O)CC6[OH+]C5C5CCC(O)C(O)C5)C(OC5OC(CO)C(O)C(O)C5O)C(O)C4O)CC3)C(O)C(O)C2O)CCC1OC1OC(CO)C(O)C(O)C1O. The summed E-state index contributed by atoms with van der Waals surface area (Å²) in [6.07, 6.45) is -45.1. The third-order valence-electron chi connectivity index (χ3n) is 22.1. The number of aliphatic hydroxyl groups is 21. The van der Waals surface area contributed by atoms with Crippen molar-refractivity contribution in [2.45, 2.75) is 304 Å². The Morgan fingerprint density at radius 1 is 0.415 bits per heavy atom. The highest BCUT2D eigenvalue weighted by Gasteiger charge is 2.59. The number of hydrogen-bond acceptors (Lipinski definition) is 37. The number of aliphatic hydroxyl groups excluding tert-OH is 19. The van der Waals surface area contributed by atoms with E-state index in [4.69, 9.17) is 76.2 Å². The monoisotopic (exact) mass is 1530 g/mol. The van der Waals surface area contributed by atoms with E-state index in [9.17, 15) is 116 Å². The van der Waals surface area contributed by atoms with E-state index in [-0.39, 0.29) is 50.4 Å². The Kier molecular flexibility index (Phi) is 30.4. The van der Waals surface area contributed by atoms with E-state index in [0.717, 1.165) is 6.08 Å². The van der Waals surface area contributed by atoms with Crippen molar-refractivity contribution in [2.24, 2.45) is 23.7 Å². The molecule has 4 saturated carbocycles. The van der Waals surface area contributed by atoms with Gasteiger partial charge in [0.25, 0.3) is 0 Å². The first kappa shape index (κ1) is 84.6. The van der Waals surface area contributed by atoms with E-state index >= 15 is 0 Å². The second kappa shape index (κ2) is 38.1. The van der Waals surface area contributed by atoms with Gasteiger partial charge in [-0.25, -0.2) is 9.59 Å². The molecule has 39 nitrogen and oxygen atoms in total. The van der Waals surface area contributed by atoms with Crippen molar-refractivity contribution in [2.75, 3.05) is 40.1 Å². The van der Waals surface area contributed by atoms with Crippen molar-refractivity contribution in [3.63, 3.8) is 0 Å². The van der Waals surface area contributed by atoms with Crippen molar-refractivity contribution >= 4 is 23.9 Å². The number of carboxylic acid groups (broad SMARTS) is 1. The largest absolute Gasteiger partial charge is 0.481 e.